The summed E-state index contributed by atoms with van der Waals surface area (Å²) in [4.78, 5) is 13.9. The average Bonchev–Trinajstić information content (AvgIpc) is 3.39. The highest BCUT2D eigenvalue weighted by Gasteiger charge is 2.30. The number of hydrogen-bond donors (Lipinski definition) is 2. The van der Waals surface area contributed by atoms with Crippen molar-refractivity contribution in [2.24, 2.45) is 16.0 Å². The van der Waals surface area contributed by atoms with Crippen LogP contribution in [-0.2, 0) is 14.8 Å². The van der Waals surface area contributed by atoms with Crippen molar-refractivity contribution in [2.75, 3.05) is 20.1 Å². The molecule has 144 valence electrons. The summed E-state index contributed by atoms with van der Waals surface area (Å²) < 4.78 is 28.0. The van der Waals surface area contributed by atoms with Gasteiger partial charge in [0.2, 0.25) is 5.91 Å². The van der Waals surface area contributed by atoms with E-state index in [1.54, 1.807) is 36.2 Å². The van der Waals surface area contributed by atoms with E-state index in [-0.39, 0.29) is 29.3 Å². The van der Waals surface area contributed by atoms with Crippen LogP contribution in [0, 0.1) is 5.92 Å². The fourth-order valence-corrected chi connectivity index (χ4v) is 4.21. The maximum absolute atomic E-state index is 12.1. The summed E-state index contributed by atoms with van der Waals surface area (Å²) in [6.45, 7) is 1.07. The molecule has 1 saturated carbocycles. The second kappa shape index (κ2) is 8.37. The van der Waals surface area contributed by atoms with E-state index in [0.29, 0.717) is 43.2 Å². The molecule has 7 nitrogen and oxygen atoms in total. The second-order valence-electron chi connectivity index (χ2n) is 6.72. The van der Waals surface area contributed by atoms with Gasteiger partial charge in [0.1, 0.15) is 10.7 Å². The van der Waals surface area contributed by atoms with E-state index in [1.165, 1.54) is 0 Å². The smallest absolute Gasteiger partial charge is 0.285 e. The number of fused-ring (bicyclic) bond motifs is 1. The van der Waals surface area contributed by atoms with Crippen LogP contribution in [0.3, 0.4) is 0 Å². The van der Waals surface area contributed by atoms with Gasteiger partial charge in [0.25, 0.3) is 10.0 Å². The van der Waals surface area contributed by atoms with Crippen molar-refractivity contribution in [3.8, 4) is 0 Å². The van der Waals surface area contributed by atoms with Crippen LogP contribution in [0.2, 0.25) is 0 Å². The van der Waals surface area contributed by atoms with E-state index in [4.69, 9.17) is 5.73 Å². The van der Waals surface area contributed by atoms with Crippen molar-refractivity contribution in [3.05, 3.63) is 29.8 Å². The molecule has 0 bridgehead atoms. The fraction of sp³-hybridized carbons (Fsp3) is 0.529. The summed E-state index contributed by atoms with van der Waals surface area (Å²) in [6, 6.07) is 6.85. The monoisotopic (exact) mass is 400 g/mol. The highest BCUT2D eigenvalue weighted by molar-refractivity contribution is 7.90. The normalized spacial score (nSPS) is 18.3. The number of amides is 1. The minimum Gasteiger partial charge on any atom is -0.358 e. The molecule has 0 radical (unpaired) electrons. The fourth-order valence-electron chi connectivity index (χ4n) is 2.96. The van der Waals surface area contributed by atoms with Gasteiger partial charge in [-0.05, 0) is 37.3 Å². The Bertz CT molecular complexity index is 793. The van der Waals surface area contributed by atoms with Gasteiger partial charge in [0.15, 0.2) is 0 Å². The van der Waals surface area contributed by atoms with Gasteiger partial charge in [0, 0.05) is 38.2 Å². The van der Waals surface area contributed by atoms with Crippen LogP contribution in [0.15, 0.2) is 33.6 Å². The van der Waals surface area contributed by atoms with Gasteiger partial charge in [-0.1, -0.05) is 12.1 Å². The van der Waals surface area contributed by atoms with Gasteiger partial charge >= 0.3 is 0 Å². The van der Waals surface area contributed by atoms with Gasteiger partial charge < -0.3 is 16.0 Å². The van der Waals surface area contributed by atoms with Crippen molar-refractivity contribution < 1.29 is 13.2 Å². The predicted molar refractivity (Wildman–Crippen MR) is 103 cm³/mol. The number of amidine groups is 1. The van der Waals surface area contributed by atoms with Crippen molar-refractivity contribution >= 4 is 34.2 Å². The van der Waals surface area contributed by atoms with E-state index in [9.17, 15) is 13.2 Å². The molecule has 0 saturated heterocycles. The number of carbonyl (C=O) groups excluding carboxylic acids is 1. The molecule has 1 aliphatic carbocycles. The maximum Gasteiger partial charge on any atom is 0.285 e. The molecule has 0 spiro atoms. The predicted octanol–water partition coefficient (Wildman–Crippen LogP) is 1.12. The molecule has 1 atom stereocenters. The molecule has 9 heteroatoms. The minimum absolute atomic E-state index is 0. The Hall–Kier alpha value is -1.64. The van der Waals surface area contributed by atoms with E-state index in [1.807, 2.05) is 0 Å². The van der Waals surface area contributed by atoms with Crippen LogP contribution in [-0.4, -0.2) is 51.2 Å². The van der Waals surface area contributed by atoms with Crippen molar-refractivity contribution in [1.29, 1.82) is 0 Å². The molecule has 1 aliphatic heterocycles. The molecule has 1 unspecified atom stereocenters. The second-order valence-corrected chi connectivity index (χ2v) is 8.29. The number of sulfonamides is 1. The Morgan fingerprint density at radius 3 is 2.77 bits per heavy atom. The number of benzene rings is 1. The molecule has 1 aromatic carbocycles. The Labute approximate surface area is 160 Å². The molecule has 1 amide bonds. The first-order chi connectivity index (χ1) is 11.9. The highest BCUT2D eigenvalue weighted by atomic mass is 35.5. The van der Waals surface area contributed by atoms with Gasteiger partial charge in [0.05, 0.1) is 0 Å². The zero-order valence-electron chi connectivity index (χ0n) is 14.7. The largest absolute Gasteiger partial charge is 0.358 e. The zero-order chi connectivity index (χ0) is 18.0. The van der Waals surface area contributed by atoms with Gasteiger partial charge in [-0.2, -0.15) is 8.42 Å². The molecule has 1 fully saturated rings. The van der Waals surface area contributed by atoms with Crippen LogP contribution in [0.1, 0.15) is 31.2 Å². The van der Waals surface area contributed by atoms with Crippen LogP contribution in [0.4, 0.5) is 0 Å². The first-order valence-corrected chi connectivity index (χ1v) is 10.0. The lowest BCUT2D eigenvalue weighted by atomic mass is 10.2. The molecule has 26 heavy (non-hydrogen) atoms. The zero-order valence-corrected chi connectivity index (χ0v) is 16.4. The third kappa shape index (κ3) is 4.75. The molecule has 3 rings (SSSR count). The lowest BCUT2D eigenvalue weighted by molar-refractivity contribution is -0.121. The van der Waals surface area contributed by atoms with Crippen LogP contribution in [0.5, 0.6) is 0 Å². The Kier molecular flexibility index (Phi) is 6.65. The Morgan fingerprint density at radius 2 is 2.08 bits per heavy atom. The van der Waals surface area contributed by atoms with E-state index >= 15 is 0 Å². The molecule has 0 aromatic heterocycles. The number of rotatable bonds is 7. The summed E-state index contributed by atoms with van der Waals surface area (Å²) in [5.74, 6) is 0.978. The third-order valence-electron chi connectivity index (χ3n) is 4.63. The van der Waals surface area contributed by atoms with E-state index < -0.39 is 10.0 Å². The first-order valence-electron chi connectivity index (χ1n) is 8.56. The molecular weight excluding hydrogens is 376 g/mol. The molecular formula is C17H25ClN4O3S. The van der Waals surface area contributed by atoms with E-state index in [0.717, 1.165) is 12.8 Å². The van der Waals surface area contributed by atoms with Crippen LogP contribution < -0.4 is 11.1 Å². The van der Waals surface area contributed by atoms with Crippen molar-refractivity contribution in [2.45, 2.75) is 36.6 Å². The summed E-state index contributed by atoms with van der Waals surface area (Å²) in [5.41, 5.74) is 6.58. The van der Waals surface area contributed by atoms with Crippen molar-refractivity contribution in [1.82, 2.24) is 10.2 Å². The summed E-state index contributed by atoms with van der Waals surface area (Å²) in [5, 5.41) is 2.87. The standard InChI is InChI=1S/C17H24N4O3S.ClH/c1-21(10-4-7-16(22)19-11-14(18)12-8-9-12)17-13-5-2-3-6-15(13)25(23,24)20-17;/h2-3,5-6,12,14H,4,7-11,18H2,1H3,(H,19,22);1H. The van der Waals surface area contributed by atoms with Gasteiger partial charge in [-0.25, -0.2) is 0 Å². The third-order valence-corrected chi connectivity index (χ3v) is 5.96. The number of nitrogens with zero attached hydrogens (tertiary/aromatic N) is 2. The molecule has 1 heterocycles. The van der Waals surface area contributed by atoms with Crippen molar-refractivity contribution in [3.63, 3.8) is 0 Å². The lowest BCUT2D eigenvalue weighted by Crippen LogP contribution is -2.38. The van der Waals surface area contributed by atoms with Crippen LogP contribution in [0.25, 0.3) is 0 Å². The van der Waals surface area contributed by atoms with Gasteiger partial charge in [-0.3, -0.25) is 4.79 Å². The average molecular weight is 401 g/mol. The molecule has 3 N–H and O–H groups in total. The summed E-state index contributed by atoms with van der Waals surface area (Å²) >= 11 is 0. The Morgan fingerprint density at radius 1 is 1.38 bits per heavy atom. The number of carbonyl (C=O) groups is 1. The quantitative estimate of drug-likeness (QED) is 0.713. The first kappa shape index (κ1) is 20.7. The SMILES string of the molecule is CN(CCCC(=O)NCC(N)C1CC1)C1=NS(=O)(=O)c2ccccc21.Cl. The topological polar surface area (TPSA) is 105 Å². The van der Waals surface area contributed by atoms with E-state index in [2.05, 4.69) is 9.71 Å². The number of nitrogens with two attached hydrogens (primary N) is 1. The number of hydrogen-bond acceptors (Lipinski definition) is 5. The lowest BCUT2D eigenvalue weighted by Gasteiger charge is -2.19. The van der Waals surface area contributed by atoms with Crippen LogP contribution >= 0.6 is 12.4 Å². The molecule has 2 aliphatic rings. The summed E-state index contributed by atoms with van der Waals surface area (Å²) in [6.07, 6.45) is 3.31. The highest BCUT2D eigenvalue weighted by Crippen LogP contribution is 2.31. The minimum atomic E-state index is -3.61. The van der Waals surface area contributed by atoms with Gasteiger partial charge in [-0.15, -0.1) is 16.8 Å². The molecule has 1 aromatic rings. The maximum atomic E-state index is 12.1. The summed E-state index contributed by atoms with van der Waals surface area (Å²) in [7, 11) is -1.82. The number of halogens is 1. The number of nitrogens with one attached hydrogen (secondary N) is 1. The Balaban J connectivity index is 0.00000243.